The molecule has 0 saturated carbocycles. The van der Waals surface area contributed by atoms with Crippen LogP contribution in [0.2, 0.25) is 0 Å². The number of esters is 1. The summed E-state index contributed by atoms with van der Waals surface area (Å²) in [7, 11) is 1.29. The maximum Gasteiger partial charge on any atom is 0.327 e. The first-order chi connectivity index (χ1) is 8.70. The number of nitrogens with zero attached hydrogens (tertiary/aromatic N) is 3. The molecule has 0 aliphatic carbocycles. The molecule has 0 spiro atoms. The van der Waals surface area contributed by atoms with E-state index in [1.807, 2.05) is 0 Å². The van der Waals surface area contributed by atoms with Gasteiger partial charge in [-0.3, -0.25) is 9.59 Å². The van der Waals surface area contributed by atoms with Gasteiger partial charge >= 0.3 is 5.97 Å². The average Bonchev–Trinajstić information content (AvgIpc) is 2.42. The molecule has 0 bridgehead atoms. The van der Waals surface area contributed by atoms with Crippen molar-refractivity contribution in [2.24, 2.45) is 0 Å². The van der Waals surface area contributed by atoms with Crippen molar-refractivity contribution in [2.75, 3.05) is 25.1 Å². The predicted molar refractivity (Wildman–Crippen MR) is 66.6 cm³/mol. The van der Waals surface area contributed by atoms with Crippen molar-refractivity contribution < 1.29 is 9.53 Å². The molecule has 1 aromatic rings. The Morgan fingerprint density at radius 1 is 1.39 bits per heavy atom. The Morgan fingerprint density at radius 3 is 2.72 bits per heavy atom. The van der Waals surface area contributed by atoms with Gasteiger partial charge in [-0.25, -0.2) is 4.68 Å². The second-order valence-corrected chi connectivity index (χ2v) is 4.33. The quantitative estimate of drug-likeness (QED) is 0.728. The number of carbonyl (C=O) groups excluding carboxylic acids is 1. The van der Waals surface area contributed by atoms with Crippen LogP contribution >= 0.6 is 0 Å². The van der Waals surface area contributed by atoms with Crippen molar-refractivity contribution >= 4 is 11.7 Å². The zero-order chi connectivity index (χ0) is 13.0. The minimum atomic E-state index is -0.477. The van der Waals surface area contributed by atoms with Crippen LogP contribution in [0.15, 0.2) is 17.1 Å². The average molecular weight is 251 g/mol. The highest BCUT2D eigenvalue weighted by Crippen LogP contribution is 2.16. The van der Waals surface area contributed by atoms with E-state index in [9.17, 15) is 9.59 Å². The van der Waals surface area contributed by atoms with Gasteiger partial charge in [0.05, 0.1) is 19.0 Å². The molecule has 18 heavy (non-hydrogen) atoms. The van der Waals surface area contributed by atoms with Crippen LogP contribution in [-0.2, 0) is 16.1 Å². The standard InChI is InChI=1S/C12H17N3O3/c1-18-12(17)9-15-11(16)7-10(8-13-15)14-5-3-2-4-6-14/h7-8H,2-6,9H2,1H3. The van der Waals surface area contributed by atoms with Crippen LogP contribution in [0, 0.1) is 0 Å². The molecule has 0 amide bonds. The molecule has 0 radical (unpaired) electrons. The molecule has 2 rings (SSSR count). The summed E-state index contributed by atoms with van der Waals surface area (Å²) in [5.74, 6) is -0.477. The first kappa shape index (κ1) is 12.6. The smallest absolute Gasteiger partial charge is 0.327 e. The van der Waals surface area contributed by atoms with Crippen molar-refractivity contribution in [2.45, 2.75) is 25.8 Å². The summed E-state index contributed by atoms with van der Waals surface area (Å²) in [6, 6.07) is 1.53. The van der Waals surface area contributed by atoms with E-state index in [0.717, 1.165) is 36.3 Å². The molecule has 0 aromatic carbocycles. The number of ether oxygens (including phenoxy) is 1. The fourth-order valence-electron chi connectivity index (χ4n) is 2.05. The number of hydrogen-bond acceptors (Lipinski definition) is 5. The highest BCUT2D eigenvalue weighted by Gasteiger charge is 2.13. The summed E-state index contributed by atoms with van der Waals surface area (Å²) in [4.78, 5) is 25.0. The van der Waals surface area contributed by atoms with Crippen LogP contribution < -0.4 is 10.5 Å². The summed E-state index contributed by atoms with van der Waals surface area (Å²) in [5, 5.41) is 4.00. The highest BCUT2D eigenvalue weighted by atomic mass is 16.5. The highest BCUT2D eigenvalue weighted by molar-refractivity contribution is 5.68. The lowest BCUT2D eigenvalue weighted by Gasteiger charge is -2.28. The van der Waals surface area contributed by atoms with E-state index in [0.29, 0.717) is 0 Å². The fraction of sp³-hybridized carbons (Fsp3) is 0.583. The minimum absolute atomic E-state index is 0.143. The lowest BCUT2D eigenvalue weighted by atomic mass is 10.1. The van der Waals surface area contributed by atoms with Gasteiger partial charge in [0.2, 0.25) is 0 Å². The maximum atomic E-state index is 11.8. The van der Waals surface area contributed by atoms with E-state index in [1.165, 1.54) is 19.6 Å². The Morgan fingerprint density at radius 2 is 2.11 bits per heavy atom. The number of piperidine rings is 1. The van der Waals surface area contributed by atoms with Crippen LogP contribution in [0.4, 0.5) is 5.69 Å². The van der Waals surface area contributed by atoms with Gasteiger partial charge in [-0.05, 0) is 19.3 Å². The van der Waals surface area contributed by atoms with Gasteiger partial charge < -0.3 is 9.64 Å². The van der Waals surface area contributed by atoms with Gasteiger partial charge in [-0.15, -0.1) is 0 Å². The van der Waals surface area contributed by atoms with E-state index in [2.05, 4.69) is 14.7 Å². The summed E-state index contributed by atoms with van der Waals surface area (Å²) in [6.07, 6.45) is 5.16. The third-order valence-electron chi connectivity index (χ3n) is 3.08. The molecule has 6 nitrogen and oxygen atoms in total. The molecular formula is C12H17N3O3. The molecule has 1 aliphatic heterocycles. The molecular weight excluding hydrogens is 234 g/mol. The van der Waals surface area contributed by atoms with Gasteiger partial charge in [-0.2, -0.15) is 5.10 Å². The van der Waals surface area contributed by atoms with Crippen molar-refractivity contribution in [3.8, 4) is 0 Å². The van der Waals surface area contributed by atoms with Crippen LogP contribution in [0.3, 0.4) is 0 Å². The zero-order valence-corrected chi connectivity index (χ0v) is 10.5. The largest absolute Gasteiger partial charge is 0.468 e. The van der Waals surface area contributed by atoms with Gasteiger partial charge in [0.15, 0.2) is 0 Å². The molecule has 1 fully saturated rings. The molecule has 1 aliphatic rings. The first-order valence-corrected chi connectivity index (χ1v) is 6.09. The number of rotatable bonds is 3. The van der Waals surface area contributed by atoms with Crippen molar-refractivity contribution in [3.63, 3.8) is 0 Å². The Balaban J connectivity index is 2.13. The van der Waals surface area contributed by atoms with Crippen LogP contribution in [-0.4, -0.2) is 35.9 Å². The van der Waals surface area contributed by atoms with E-state index >= 15 is 0 Å². The lowest BCUT2D eigenvalue weighted by Crippen LogP contribution is -2.33. The topological polar surface area (TPSA) is 64.4 Å². The van der Waals surface area contributed by atoms with Crippen LogP contribution in [0.25, 0.3) is 0 Å². The lowest BCUT2D eigenvalue weighted by molar-refractivity contribution is -0.141. The van der Waals surface area contributed by atoms with Crippen molar-refractivity contribution in [1.82, 2.24) is 9.78 Å². The second kappa shape index (κ2) is 5.66. The minimum Gasteiger partial charge on any atom is -0.468 e. The monoisotopic (exact) mass is 251 g/mol. The molecule has 0 N–H and O–H groups in total. The van der Waals surface area contributed by atoms with E-state index in [1.54, 1.807) is 6.20 Å². The number of carbonyl (C=O) groups is 1. The zero-order valence-electron chi connectivity index (χ0n) is 10.5. The van der Waals surface area contributed by atoms with E-state index < -0.39 is 5.97 Å². The van der Waals surface area contributed by atoms with Gasteiger partial charge in [0, 0.05) is 19.2 Å². The van der Waals surface area contributed by atoms with Gasteiger partial charge in [-0.1, -0.05) is 0 Å². The molecule has 1 aromatic heterocycles. The number of anilines is 1. The SMILES string of the molecule is COC(=O)Cn1ncc(N2CCCCC2)cc1=O. The van der Waals surface area contributed by atoms with Gasteiger partial charge in [0.1, 0.15) is 6.54 Å². The van der Waals surface area contributed by atoms with Crippen LogP contribution in [0.1, 0.15) is 19.3 Å². The molecule has 98 valence electrons. The Hall–Kier alpha value is -1.85. The summed E-state index contributed by atoms with van der Waals surface area (Å²) in [5.41, 5.74) is 0.560. The summed E-state index contributed by atoms with van der Waals surface area (Å²) < 4.78 is 5.62. The first-order valence-electron chi connectivity index (χ1n) is 6.09. The maximum absolute atomic E-state index is 11.8. The third-order valence-corrected chi connectivity index (χ3v) is 3.08. The second-order valence-electron chi connectivity index (χ2n) is 4.33. The number of aromatic nitrogens is 2. The third kappa shape index (κ3) is 2.88. The van der Waals surface area contributed by atoms with Crippen molar-refractivity contribution in [1.29, 1.82) is 0 Å². The predicted octanol–water partition coefficient (Wildman–Crippen LogP) is 0.407. The van der Waals surface area contributed by atoms with Crippen molar-refractivity contribution in [3.05, 3.63) is 22.6 Å². The molecule has 1 saturated heterocycles. The number of methoxy groups -OCH3 is 1. The summed E-state index contributed by atoms with van der Waals surface area (Å²) in [6.45, 7) is 1.78. The van der Waals surface area contributed by atoms with Crippen LogP contribution in [0.5, 0.6) is 0 Å². The molecule has 0 atom stereocenters. The normalized spacial score (nSPS) is 15.5. The Labute approximate surface area is 105 Å². The molecule has 0 unspecified atom stereocenters. The Kier molecular flexibility index (Phi) is 3.96. The van der Waals surface area contributed by atoms with Gasteiger partial charge in [0.25, 0.3) is 5.56 Å². The summed E-state index contributed by atoms with van der Waals surface area (Å²) >= 11 is 0. The molecule has 6 heteroatoms. The van der Waals surface area contributed by atoms with E-state index in [4.69, 9.17) is 0 Å². The number of hydrogen-bond donors (Lipinski definition) is 0. The fourth-order valence-corrected chi connectivity index (χ4v) is 2.05. The molecule has 2 heterocycles. The van der Waals surface area contributed by atoms with E-state index in [-0.39, 0.29) is 12.1 Å². The Bertz CT molecular complexity index is 478.